The Morgan fingerprint density at radius 1 is 1.03 bits per heavy atom. The van der Waals surface area contributed by atoms with Gasteiger partial charge in [0, 0.05) is 42.0 Å². The Balaban J connectivity index is 1.60. The molecule has 2 aromatic carbocycles. The van der Waals surface area contributed by atoms with Crippen LogP contribution < -0.4 is 20.7 Å². The number of carbonyl (C=O) groups is 3. The van der Waals surface area contributed by atoms with Crippen LogP contribution in [0.25, 0.3) is 0 Å². The van der Waals surface area contributed by atoms with Gasteiger partial charge in [0.15, 0.2) is 6.17 Å². The van der Waals surface area contributed by atoms with Crippen molar-refractivity contribution in [2.75, 3.05) is 18.5 Å². The summed E-state index contributed by atoms with van der Waals surface area (Å²) in [6.07, 6.45) is 1.70. The molecule has 10 heteroatoms. The van der Waals surface area contributed by atoms with E-state index in [1.165, 1.54) is 0 Å². The molecule has 0 saturated carbocycles. The quantitative estimate of drug-likeness (QED) is 0.188. The molecule has 0 aliphatic heterocycles. The number of amides is 2. The Morgan fingerprint density at radius 2 is 1.84 bits per heavy atom. The van der Waals surface area contributed by atoms with Crippen LogP contribution >= 0.6 is 11.6 Å². The molecule has 0 fully saturated rings. The molecule has 0 spiro atoms. The summed E-state index contributed by atoms with van der Waals surface area (Å²) in [5.41, 5.74) is 2.16. The number of carboxylic acids is 1. The van der Waals surface area contributed by atoms with Crippen LogP contribution in [0.5, 0.6) is 5.75 Å². The number of hydrogen-bond donors (Lipinski definition) is 4. The summed E-state index contributed by atoms with van der Waals surface area (Å²) in [5, 5.41) is 17.9. The average Bonchev–Trinajstić information content (AvgIpc) is 2.87. The van der Waals surface area contributed by atoms with E-state index in [1.54, 1.807) is 54.7 Å². The van der Waals surface area contributed by atoms with Crippen LogP contribution in [0.15, 0.2) is 72.9 Å². The third kappa shape index (κ3) is 10.2. The Bertz CT molecular complexity index is 1170. The molecule has 0 aliphatic rings. The van der Waals surface area contributed by atoms with Gasteiger partial charge in [-0.1, -0.05) is 29.8 Å². The number of aromatic nitrogens is 1. The van der Waals surface area contributed by atoms with Crippen LogP contribution in [0.3, 0.4) is 0 Å². The minimum absolute atomic E-state index is 0.0334. The van der Waals surface area contributed by atoms with Gasteiger partial charge in [0.05, 0.1) is 13.0 Å². The van der Waals surface area contributed by atoms with Crippen LogP contribution in [0.2, 0.25) is 5.02 Å². The molecule has 0 saturated heterocycles. The van der Waals surface area contributed by atoms with E-state index >= 15 is 0 Å². The van der Waals surface area contributed by atoms with Gasteiger partial charge in [-0.3, -0.25) is 19.4 Å². The number of nitrogens with zero attached hydrogens (tertiary/aromatic N) is 1. The van der Waals surface area contributed by atoms with E-state index in [2.05, 4.69) is 20.9 Å². The number of carbonyl (C=O) groups excluding carboxylic acids is 2. The van der Waals surface area contributed by atoms with E-state index in [1.807, 2.05) is 18.2 Å². The van der Waals surface area contributed by atoms with Crippen molar-refractivity contribution in [1.29, 1.82) is 0 Å². The number of halogens is 1. The van der Waals surface area contributed by atoms with E-state index in [0.29, 0.717) is 35.8 Å². The number of benzene rings is 2. The Kier molecular flexibility index (Phi) is 10.7. The third-order valence-corrected chi connectivity index (χ3v) is 5.43. The molecule has 3 rings (SSSR count). The number of carboxylic acid groups (broad SMARTS) is 1. The summed E-state index contributed by atoms with van der Waals surface area (Å²) < 4.78 is 5.54. The van der Waals surface area contributed by atoms with Crippen LogP contribution in [0.1, 0.15) is 24.1 Å². The van der Waals surface area contributed by atoms with E-state index in [-0.39, 0.29) is 25.4 Å². The predicted octanol–water partition coefficient (Wildman–Crippen LogP) is 3.43. The lowest BCUT2D eigenvalue weighted by Crippen LogP contribution is -2.52. The molecule has 0 bridgehead atoms. The highest BCUT2D eigenvalue weighted by Crippen LogP contribution is 2.17. The maximum atomic E-state index is 13.0. The van der Waals surface area contributed by atoms with Gasteiger partial charge in [0.25, 0.3) is 5.91 Å². The van der Waals surface area contributed by atoms with Crippen molar-refractivity contribution >= 4 is 35.1 Å². The van der Waals surface area contributed by atoms with Crippen LogP contribution in [0, 0.1) is 0 Å². The highest BCUT2D eigenvalue weighted by atomic mass is 35.5. The standard InChI is InChI=1S/C27H29ClN4O5/c28-20-6-3-5-19(17-20)18-24(33)32-26(27(36)30-15-13-21-7-1-2-14-29-21)31-22-9-11-23(12-10-22)37-16-4-8-25(34)35/h1-3,5-7,9-12,14,17,26,31H,4,8,13,15-16,18H2,(H,30,36)(H,32,33)(H,34,35). The molecular formula is C27H29ClN4O5. The lowest BCUT2D eigenvalue weighted by molar-refractivity contribution is -0.137. The van der Waals surface area contributed by atoms with E-state index < -0.39 is 18.0 Å². The van der Waals surface area contributed by atoms with Gasteiger partial charge in [-0.15, -0.1) is 0 Å². The number of hydrogen-bond acceptors (Lipinski definition) is 6. The lowest BCUT2D eigenvalue weighted by atomic mass is 10.1. The first-order valence-corrected chi connectivity index (χ1v) is 12.2. The zero-order valence-corrected chi connectivity index (χ0v) is 20.9. The number of nitrogens with one attached hydrogen (secondary N) is 3. The number of anilines is 1. The topological polar surface area (TPSA) is 130 Å². The summed E-state index contributed by atoms with van der Waals surface area (Å²) in [5.74, 6) is -1.05. The van der Waals surface area contributed by atoms with Crippen molar-refractivity contribution in [2.24, 2.45) is 0 Å². The summed E-state index contributed by atoms with van der Waals surface area (Å²) >= 11 is 6.02. The van der Waals surface area contributed by atoms with Gasteiger partial charge >= 0.3 is 5.97 Å². The predicted molar refractivity (Wildman–Crippen MR) is 140 cm³/mol. The molecule has 1 heterocycles. The fraction of sp³-hybridized carbons (Fsp3) is 0.259. The molecule has 194 valence electrons. The highest BCUT2D eigenvalue weighted by Gasteiger charge is 2.21. The van der Waals surface area contributed by atoms with Crippen molar-refractivity contribution in [3.63, 3.8) is 0 Å². The second-order valence-electron chi connectivity index (χ2n) is 8.18. The number of ether oxygens (including phenoxy) is 1. The fourth-order valence-corrected chi connectivity index (χ4v) is 3.61. The zero-order chi connectivity index (χ0) is 26.5. The summed E-state index contributed by atoms with van der Waals surface area (Å²) in [6, 6.07) is 19.4. The van der Waals surface area contributed by atoms with Gasteiger partial charge in [-0.05, 0) is 60.5 Å². The van der Waals surface area contributed by atoms with Gasteiger partial charge in [-0.2, -0.15) is 0 Å². The largest absolute Gasteiger partial charge is 0.494 e. The molecule has 37 heavy (non-hydrogen) atoms. The van der Waals surface area contributed by atoms with Crippen molar-refractivity contribution in [3.05, 3.63) is 89.2 Å². The first kappa shape index (κ1) is 27.5. The number of rotatable bonds is 14. The Labute approximate surface area is 220 Å². The molecule has 9 nitrogen and oxygen atoms in total. The molecule has 0 aliphatic carbocycles. The maximum Gasteiger partial charge on any atom is 0.303 e. The molecular weight excluding hydrogens is 496 g/mol. The zero-order valence-electron chi connectivity index (χ0n) is 20.2. The maximum absolute atomic E-state index is 13.0. The number of aliphatic carboxylic acids is 1. The van der Waals surface area contributed by atoms with E-state index in [0.717, 1.165) is 11.3 Å². The SMILES string of the molecule is O=C(O)CCCOc1ccc(NC(NC(=O)Cc2cccc(Cl)c2)C(=O)NCCc2ccccn2)cc1. The molecule has 2 amide bonds. The molecule has 4 N–H and O–H groups in total. The van der Waals surface area contributed by atoms with Gasteiger partial charge in [-0.25, -0.2) is 0 Å². The van der Waals surface area contributed by atoms with E-state index in [9.17, 15) is 14.4 Å². The summed E-state index contributed by atoms with van der Waals surface area (Å²) in [4.78, 5) is 40.6. The van der Waals surface area contributed by atoms with Crippen LogP contribution in [-0.2, 0) is 27.2 Å². The first-order valence-electron chi connectivity index (χ1n) is 11.8. The monoisotopic (exact) mass is 524 g/mol. The lowest BCUT2D eigenvalue weighted by Gasteiger charge is -2.21. The second-order valence-corrected chi connectivity index (χ2v) is 8.62. The van der Waals surface area contributed by atoms with Gasteiger partial charge < -0.3 is 25.8 Å². The molecule has 1 unspecified atom stereocenters. The summed E-state index contributed by atoms with van der Waals surface area (Å²) in [6.45, 7) is 0.626. The second kappa shape index (κ2) is 14.4. The third-order valence-electron chi connectivity index (χ3n) is 5.20. The van der Waals surface area contributed by atoms with Crippen molar-refractivity contribution in [1.82, 2.24) is 15.6 Å². The normalized spacial score (nSPS) is 11.3. The molecule has 3 aromatic rings. The van der Waals surface area contributed by atoms with Crippen molar-refractivity contribution in [2.45, 2.75) is 31.8 Å². The highest BCUT2D eigenvalue weighted by molar-refractivity contribution is 6.30. The smallest absolute Gasteiger partial charge is 0.303 e. The fourth-order valence-electron chi connectivity index (χ4n) is 3.40. The van der Waals surface area contributed by atoms with Crippen LogP contribution in [-0.4, -0.2) is 47.2 Å². The average molecular weight is 525 g/mol. The molecule has 1 atom stereocenters. The first-order chi connectivity index (χ1) is 17.9. The summed E-state index contributed by atoms with van der Waals surface area (Å²) in [7, 11) is 0. The Hall–Kier alpha value is -4.11. The Morgan fingerprint density at radius 3 is 2.54 bits per heavy atom. The van der Waals surface area contributed by atoms with Crippen molar-refractivity contribution < 1.29 is 24.2 Å². The van der Waals surface area contributed by atoms with Gasteiger partial charge in [0.1, 0.15) is 5.75 Å². The van der Waals surface area contributed by atoms with Crippen LogP contribution in [0.4, 0.5) is 5.69 Å². The minimum Gasteiger partial charge on any atom is -0.494 e. The minimum atomic E-state index is -1.03. The van der Waals surface area contributed by atoms with Crippen molar-refractivity contribution in [3.8, 4) is 5.75 Å². The molecule has 0 radical (unpaired) electrons. The molecule has 1 aromatic heterocycles. The number of pyridine rings is 1. The van der Waals surface area contributed by atoms with Gasteiger partial charge in [0.2, 0.25) is 5.91 Å². The van der Waals surface area contributed by atoms with E-state index in [4.69, 9.17) is 21.4 Å².